The average molecular weight is 231 g/mol. The lowest BCUT2D eigenvalue weighted by Gasteiger charge is -2.06. The minimum Gasteiger partial charge on any atom is -0.337 e. The maximum atomic E-state index is 11.2. The van der Waals surface area contributed by atoms with E-state index in [0.29, 0.717) is 30.6 Å². The van der Waals surface area contributed by atoms with Crippen LogP contribution in [-0.2, 0) is 9.84 Å². The Morgan fingerprint density at radius 1 is 1.60 bits per heavy atom. The lowest BCUT2D eigenvalue weighted by molar-refractivity contribution is 0.422. The summed E-state index contributed by atoms with van der Waals surface area (Å²) in [5, 5.41) is 6.56. The topological polar surface area (TPSA) is 85.1 Å². The molecule has 1 N–H and O–H groups in total. The van der Waals surface area contributed by atoms with E-state index in [-0.39, 0.29) is 11.7 Å². The zero-order valence-electron chi connectivity index (χ0n) is 8.43. The van der Waals surface area contributed by atoms with E-state index in [2.05, 4.69) is 15.5 Å². The predicted octanol–water partition coefficient (Wildman–Crippen LogP) is 0.225. The largest absolute Gasteiger partial charge is 0.337 e. The number of hydrogen-bond acceptors (Lipinski definition) is 6. The fourth-order valence-corrected chi connectivity index (χ4v) is 3.50. The molecule has 2 heterocycles. The molecule has 0 saturated carbocycles. The SMILES string of the molecule is Cc1noc(NCC2CCS(=O)(=O)C2)n1. The van der Waals surface area contributed by atoms with Gasteiger partial charge in [0, 0.05) is 6.54 Å². The maximum absolute atomic E-state index is 11.2. The van der Waals surface area contributed by atoms with Gasteiger partial charge in [-0.1, -0.05) is 5.16 Å². The third kappa shape index (κ3) is 2.68. The smallest absolute Gasteiger partial charge is 0.321 e. The Morgan fingerprint density at radius 3 is 2.93 bits per heavy atom. The Balaban J connectivity index is 1.85. The summed E-state index contributed by atoms with van der Waals surface area (Å²) < 4.78 is 27.2. The van der Waals surface area contributed by atoms with Gasteiger partial charge in [0.1, 0.15) is 0 Å². The molecular formula is C8H13N3O3S. The van der Waals surface area contributed by atoms with Crippen molar-refractivity contribution in [1.29, 1.82) is 0 Å². The van der Waals surface area contributed by atoms with E-state index in [1.165, 1.54) is 0 Å². The molecule has 0 amide bonds. The van der Waals surface area contributed by atoms with Gasteiger partial charge in [0.15, 0.2) is 15.7 Å². The summed E-state index contributed by atoms with van der Waals surface area (Å²) in [4.78, 5) is 3.97. The number of aromatic nitrogens is 2. The number of sulfone groups is 1. The van der Waals surface area contributed by atoms with Gasteiger partial charge in [-0.3, -0.25) is 0 Å². The first-order valence-corrected chi connectivity index (χ1v) is 6.62. The molecule has 1 atom stereocenters. The molecule has 0 bridgehead atoms. The summed E-state index contributed by atoms with van der Waals surface area (Å²) in [5.74, 6) is 1.27. The quantitative estimate of drug-likeness (QED) is 0.801. The van der Waals surface area contributed by atoms with E-state index in [0.717, 1.165) is 0 Å². The van der Waals surface area contributed by atoms with Gasteiger partial charge in [-0.25, -0.2) is 8.42 Å². The van der Waals surface area contributed by atoms with Crippen LogP contribution in [-0.4, -0.2) is 36.6 Å². The van der Waals surface area contributed by atoms with Crippen LogP contribution in [0.15, 0.2) is 4.52 Å². The fraction of sp³-hybridized carbons (Fsp3) is 0.750. The second kappa shape index (κ2) is 3.80. The van der Waals surface area contributed by atoms with Gasteiger partial charge in [0.2, 0.25) is 0 Å². The normalized spacial score (nSPS) is 24.2. The molecule has 1 unspecified atom stereocenters. The first-order chi connectivity index (χ1) is 7.05. The van der Waals surface area contributed by atoms with Gasteiger partial charge in [-0.2, -0.15) is 4.98 Å². The molecule has 1 fully saturated rings. The summed E-state index contributed by atoms with van der Waals surface area (Å²) in [6.45, 7) is 2.30. The van der Waals surface area contributed by atoms with E-state index in [1.54, 1.807) is 6.92 Å². The third-order valence-corrected chi connectivity index (χ3v) is 4.23. The minimum absolute atomic E-state index is 0.155. The van der Waals surface area contributed by atoms with Gasteiger partial charge in [-0.15, -0.1) is 0 Å². The molecule has 15 heavy (non-hydrogen) atoms. The molecule has 1 saturated heterocycles. The zero-order chi connectivity index (χ0) is 10.9. The second-order valence-corrected chi connectivity index (χ2v) is 6.03. The van der Waals surface area contributed by atoms with Crippen LogP contribution in [0.25, 0.3) is 0 Å². The van der Waals surface area contributed by atoms with Crippen molar-refractivity contribution in [2.45, 2.75) is 13.3 Å². The highest BCUT2D eigenvalue weighted by molar-refractivity contribution is 7.91. The molecule has 1 aliphatic heterocycles. The van der Waals surface area contributed by atoms with Crippen molar-refractivity contribution >= 4 is 15.9 Å². The molecule has 1 aliphatic rings. The molecule has 0 spiro atoms. The van der Waals surface area contributed by atoms with Crippen LogP contribution >= 0.6 is 0 Å². The van der Waals surface area contributed by atoms with Crippen LogP contribution in [0, 0.1) is 12.8 Å². The van der Waals surface area contributed by atoms with Gasteiger partial charge in [0.05, 0.1) is 11.5 Å². The minimum atomic E-state index is -2.80. The fourth-order valence-electron chi connectivity index (χ4n) is 1.63. The molecule has 2 rings (SSSR count). The van der Waals surface area contributed by atoms with E-state index in [9.17, 15) is 8.42 Å². The van der Waals surface area contributed by atoms with E-state index in [4.69, 9.17) is 4.52 Å². The molecule has 0 aliphatic carbocycles. The summed E-state index contributed by atoms with van der Waals surface area (Å²) in [5.41, 5.74) is 0. The Hall–Kier alpha value is -1.11. The van der Waals surface area contributed by atoms with Crippen LogP contribution in [0.4, 0.5) is 6.01 Å². The van der Waals surface area contributed by atoms with Crippen molar-refractivity contribution in [3.05, 3.63) is 5.82 Å². The number of aryl methyl sites for hydroxylation is 1. The van der Waals surface area contributed by atoms with E-state index < -0.39 is 9.84 Å². The van der Waals surface area contributed by atoms with Crippen LogP contribution in [0.2, 0.25) is 0 Å². The van der Waals surface area contributed by atoms with Crippen molar-refractivity contribution < 1.29 is 12.9 Å². The molecule has 1 aromatic rings. The molecule has 7 heteroatoms. The molecule has 6 nitrogen and oxygen atoms in total. The predicted molar refractivity (Wildman–Crippen MR) is 54.3 cm³/mol. The van der Waals surface area contributed by atoms with E-state index in [1.807, 2.05) is 0 Å². The van der Waals surface area contributed by atoms with Crippen molar-refractivity contribution in [3.8, 4) is 0 Å². The van der Waals surface area contributed by atoms with Crippen molar-refractivity contribution in [2.24, 2.45) is 5.92 Å². The Morgan fingerprint density at radius 2 is 2.40 bits per heavy atom. The Labute approximate surface area is 88.0 Å². The summed E-state index contributed by atoms with van der Waals surface area (Å²) >= 11 is 0. The molecule has 0 radical (unpaired) electrons. The highest BCUT2D eigenvalue weighted by atomic mass is 32.2. The van der Waals surface area contributed by atoms with Gasteiger partial charge < -0.3 is 9.84 Å². The van der Waals surface area contributed by atoms with Crippen molar-refractivity contribution in [2.75, 3.05) is 23.4 Å². The first-order valence-electron chi connectivity index (χ1n) is 4.80. The highest BCUT2D eigenvalue weighted by Gasteiger charge is 2.27. The summed E-state index contributed by atoms with van der Waals surface area (Å²) in [6, 6.07) is 0.358. The van der Waals surface area contributed by atoms with Crippen LogP contribution < -0.4 is 5.32 Å². The van der Waals surface area contributed by atoms with Crippen molar-refractivity contribution in [1.82, 2.24) is 10.1 Å². The van der Waals surface area contributed by atoms with E-state index >= 15 is 0 Å². The number of nitrogens with zero attached hydrogens (tertiary/aromatic N) is 2. The third-order valence-electron chi connectivity index (χ3n) is 2.40. The summed E-state index contributed by atoms with van der Waals surface area (Å²) in [6.07, 6.45) is 0.711. The van der Waals surface area contributed by atoms with Crippen molar-refractivity contribution in [3.63, 3.8) is 0 Å². The molecule has 1 aromatic heterocycles. The van der Waals surface area contributed by atoms with Crippen LogP contribution in [0.1, 0.15) is 12.2 Å². The standard InChI is InChI=1S/C8H13N3O3S/c1-6-10-8(14-11-6)9-4-7-2-3-15(12,13)5-7/h7H,2-5H2,1H3,(H,9,10,11). The second-order valence-electron chi connectivity index (χ2n) is 3.80. The maximum Gasteiger partial charge on any atom is 0.321 e. The van der Waals surface area contributed by atoms with Gasteiger partial charge in [-0.05, 0) is 19.3 Å². The number of nitrogens with one attached hydrogen (secondary N) is 1. The Kier molecular flexibility index (Phi) is 2.64. The van der Waals surface area contributed by atoms with Gasteiger partial charge in [0.25, 0.3) is 0 Å². The number of rotatable bonds is 3. The number of hydrogen-bond donors (Lipinski definition) is 1. The zero-order valence-corrected chi connectivity index (χ0v) is 9.25. The van der Waals surface area contributed by atoms with Crippen LogP contribution in [0.3, 0.4) is 0 Å². The van der Waals surface area contributed by atoms with Gasteiger partial charge >= 0.3 is 6.01 Å². The lowest BCUT2D eigenvalue weighted by atomic mass is 10.1. The first kappa shape index (κ1) is 10.4. The highest BCUT2D eigenvalue weighted by Crippen LogP contribution is 2.18. The number of anilines is 1. The Bertz CT molecular complexity index is 440. The summed E-state index contributed by atoms with van der Waals surface area (Å²) in [7, 11) is -2.80. The molecule has 0 aromatic carbocycles. The average Bonchev–Trinajstić information content (AvgIpc) is 2.69. The molecular weight excluding hydrogens is 218 g/mol. The lowest BCUT2D eigenvalue weighted by Crippen LogP contribution is -2.15. The molecule has 84 valence electrons. The monoisotopic (exact) mass is 231 g/mol. The van der Waals surface area contributed by atoms with Crippen LogP contribution in [0.5, 0.6) is 0 Å².